The Labute approximate surface area is 125 Å². The summed E-state index contributed by atoms with van der Waals surface area (Å²) in [6.07, 6.45) is 0.601. The number of hydrogen-bond acceptors (Lipinski definition) is 3. The summed E-state index contributed by atoms with van der Waals surface area (Å²) in [5.41, 5.74) is -0.0748. The summed E-state index contributed by atoms with van der Waals surface area (Å²) in [4.78, 5) is 12.4. The largest absolute Gasteiger partial charge is 0.496 e. The van der Waals surface area contributed by atoms with E-state index in [1.54, 1.807) is 21.1 Å². The molecule has 0 saturated carbocycles. The zero-order valence-corrected chi connectivity index (χ0v) is 12.9. The molecular weight excluding hydrogens is 266 g/mol. The van der Waals surface area contributed by atoms with E-state index in [1.165, 1.54) is 0 Å². The second-order valence-corrected chi connectivity index (χ2v) is 5.10. The predicted molar refractivity (Wildman–Crippen MR) is 84.8 cm³/mol. The van der Waals surface area contributed by atoms with E-state index in [1.807, 2.05) is 43.3 Å². The van der Waals surface area contributed by atoms with E-state index in [0.29, 0.717) is 6.42 Å². The molecule has 0 aromatic heterocycles. The number of fused-ring (bicyclic) bond motifs is 1. The van der Waals surface area contributed by atoms with Gasteiger partial charge in [-0.15, -0.1) is 0 Å². The smallest absolute Gasteiger partial charge is 0.256 e. The first-order chi connectivity index (χ1) is 10.1. The van der Waals surface area contributed by atoms with Gasteiger partial charge in [-0.1, -0.05) is 31.2 Å². The van der Waals surface area contributed by atoms with Crippen LogP contribution >= 0.6 is 0 Å². The average molecular weight is 287 g/mol. The average Bonchev–Trinajstić information content (AvgIpc) is 2.54. The zero-order valence-electron chi connectivity index (χ0n) is 12.9. The number of anilines is 1. The van der Waals surface area contributed by atoms with Gasteiger partial charge in [-0.05, 0) is 25.5 Å². The highest BCUT2D eigenvalue weighted by atomic mass is 16.5. The molecule has 0 aliphatic heterocycles. The molecule has 0 fully saturated rings. The molecule has 0 bridgehead atoms. The van der Waals surface area contributed by atoms with E-state index in [2.05, 4.69) is 5.32 Å². The Morgan fingerprint density at radius 3 is 2.38 bits per heavy atom. The fraction of sp³-hybridized carbons (Fsp3) is 0.353. The van der Waals surface area contributed by atoms with Crippen LogP contribution in [0.15, 0.2) is 36.4 Å². The van der Waals surface area contributed by atoms with Crippen molar-refractivity contribution >= 4 is 22.4 Å². The van der Waals surface area contributed by atoms with Gasteiger partial charge in [0.25, 0.3) is 5.91 Å². The quantitative estimate of drug-likeness (QED) is 0.914. The standard InChI is InChI=1S/C17H21NO3/c1-5-17(2,21-4)16(19)18-14-10-11-15(20-3)13-9-7-6-8-12(13)14/h6-11H,5H2,1-4H3,(H,18,19). The molecule has 1 unspecified atom stereocenters. The van der Waals surface area contributed by atoms with Crippen LogP contribution in [-0.4, -0.2) is 25.7 Å². The number of ether oxygens (including phenoxy) is 2. The number of benzene rings is 2. The third kappa shape index (κ3) is 2.85. The van der Waals surface area contributed by atoms with Crippen LogP contribution in [0, 0.1) is 0 Å². The minimum absolute atomic E-state index is 0.150. The molecule has 0 aliphatic carbocycles. The molecule has 21 heavy (non-hydrogen) atoms. The van der Waals surface area contributed by atoms with Gasteiger partial charge in [0.05, 0.1) is 7.11 Å². The Hall–Kier alpha value is -2.07. The zero-order chi connectivity index (χ0) is 15.5. The highest BCUT2D eigenvalue weighted by Crippen LogP contribution is 2.32. The van der Waals surface area contributed by atoms with Crippen molar-refractivity contribution in [2.24, 2.45) is 0 Å². The molecule has 1 atom stereocenters. The minimum atomic E-state index is -0.832. The lowest BCUT2D eigenvalue weighted by Gasteiger charge is -2.25. The summed E-state index contributed by atoms with van der Waals surface area (Å²) in [7, 11) is 3.19. The molecule has 4 heteroatoms. The second-order valence-electron chi connectivity index (χ2n) is 5.10. The van der Waals surface area contributed by atoms with Crippen LogP contribution in [0.2, 0.25) is 0 Å². The van der Waals surface area contributed by atoms with Crippen LogP contribution in [0.3, 0.4) is 0 Å². The molecule has 0 saturated heterocycles. The molecule has 1 amide bonds. The molecule has 4 nitrogen and oxygen atoms in total. The van der Waals surface area contributed by atoms with Crippen molar-refractivity contribution in [2.75, 3.05) is 19.5 Å². The van der Waals surface area contributed by atoms with E-state index >= 15 is 0 Å². The lowest BCUT2D eigenvalue weighted by molar-refractivity contribution is -0.136. The van der Waals surface area contributed by atoms with Gasteiger partial charge in [-0.25, -0.2) is 0 Å². The number of carbonyl (C=O) groups is 1. The summed E-state index contributed by atoms with van der Waals surface area (Å²) in [6.45, 7) is 3.71. The highest BCUT2D eigenvalue weighted by Gasteiger charge is 2.31. The first-order valence-electron chi connectivity index (χ1n) is 6.98. The number of rotatable bonds is 5. The van der Waals surface area contributed by atoms with Gasteiger partial charge in [0, 0.05) is 23.6 Å². The van der Waals surface area contributed by atoms with E-state index in [9.17, 15) is 4.79 Å². The SMILES string of the molecule is CCC(C)(OC)C(=O)Nc1ccc(OC)c2ccccc12. The molecule has 1 N–H and O–H groups in total. The number of carbonyl (C=O) groups excluding carboxylic acids is 1. The van der Waals surface area contributed by atoms with Crippen molar-refractivity contribution in [2.45, 2.75) is 25.9 Å². The van der Waals surface area contributed by atoms with Gasteiger partial charge < -0.3 is 14.8 Å². The van der Waals surface area contributed by atoms with Crippen molar-refractivity contribution in [1.29, 1.82) is 0 Å². The normalized spacial score (nSPS) is 13.7. The van der Waals surface area contributed by atoms with Gasteiger partial charge >= 0.3 is 0 Å². The Balaban J connectivity index is 2.42. The van der Waals surface area contributed by atoms with Crippen molar-refractivity contribution < 1.29 is 14.3 Å². The molecule has 0 spiro atoms. The molecule has 2 aromatic carbocycles. The maximum Gasteiger partial charge on any atom is 0.256 e. The fourth-order valence-electron chi connectivity index (χ4n) is 2.21. The minimum Gasteiger partial charge on any atom is -0.496 e. The summed E-state index contributed by atoms with van der Waals surface area (Å²) >= 11 is 0. The Morgan fingerprint density at radius 1 is 1.14 bits per heavy atom. The predicted octanol–water partition coefficient (Wildman–Crippen LogP) is 3.60. The van der Waals surface area contributed by atoms with Crippen LogP contribution in [-0.2, 0) is 9.53 Å². The number of hydrogen-bond donors (Lipinski definition) is 1. The van der Waals surface area contributed by atoms with Crippen molar-refractivity contribution in [3.8, 4) is 5.75 Å². The van der Waals surface area contributed by atoms with Crippen LogP contribution in [0.4, 0.5) is 5.69 Å². The van der Waals surface area contributed by atoms with E-state index < -0.39 is 5.60 Å². The van der Waals surface area contributed by atoms with Crippen LogP contribution in [0.25, 0.3) is 10.8 Å². The van der Waals surface area contributed by atoms with Crippen molar-refractivity contribution in [3.05, 3.63) is 36.4 Å². The molecule has 0 radical (unpaired) electrons. The molecule has 112 valence electrons. The summed E-state index contributed by atoms with van der Waals surface area (Å²) in [5, 5.41) is 4.87. The number of methoxy groups -OCH3 is 2. The first-order valence-corrected chi connectivity index (χ1v) is 6.98. The fourth-order valence-corrected chi connectivity index (χ4v) is 2.21. The molecule has 2 aromatic rings. The first kappa shape index (κ1) is 15.3. The van der Waals surface area contributed by atoms with Gasteiger partial charge in [0.15, 0.2) is 0 Å². The Kier molecular flexibility index (Phi) is 4.48. The van der Waals surface area contributed by atoms with E-state index in [4.69, 9.17) is 9.47 Å². The maximum absolute atomic E-state index is 12.4. The van der Waals surface area contributed by atoms with Crippen molar-refractivity contribution in [1.82, 2.24) is 0 Å². The summed E-state index contributed by atoms with van der Waals surface area (Å²) < 4.78 is 10.7. The molecule has 2 rings (SSSR count). The highest BCUT2D eigenvalue weighted by molar-refractivity contribution is 6.06. The third-order valence-corrected chi connectivity index (χ3v) is 3.96. The second kappa shape index (κ2) is 6.14. The van der Waals surface area contributed by atoms with Gasteiger partial charge in [-0.2, -0.15) is 0 Å². The summed E-state index contributed by atoms with van der Waals surface area (Å²) in [6, 6.07) is 11.5. The Morgan fingerprint density at radius 2 is 1.81 bits per heavy atom. The lowest BCUT2D eigenvalue weighted by Crippen LogP contribution is -2.41. The lowest BCUT2D eigenvalue weighted by atomic mass is 10.0. The topological polar surface area (TPSA) is 47.6 Å². The van der Waals surface area contributed by atoms with Gasteiger partial charge in [0.1, 0.15) is 11.4 Å². The van der Waals surface area contributed by atoms with Crippen LogP contribution in [0.5, 0.6) is 5.75 Å². The van der Waals surface area contributed by atoms with Crippen LogP contribution < -0.4 is 10.1 Å². The molecule has 0 heterocycles. The number of amides is 1. The third-order valence-electron chi connectivity index (χ3n) is 3.96. The number of nitrogens with one attached hydrogen (secondary N) is 1. The monoisotopic (exact) mass is 287 g/mol. The Bertz CT molecular complexity index is 648. The van der Waals surface area contributed by atoms with Crippen molar-refractivity contribution in [3.63, 3.8) is 0 Å². The van der Waals surface area contributed by atoms with E-state index in [-0.39, 0.29) is 5.91 Å². The maximum atomic E-state index is 12.4. The van der Waals surface area contributed by atoms with Gasteiger partial charge in [-0.3, -0.25) is 4.79 Å². The molecular formula is C17H21NO3. The van der Waals surface area contributed by atoms with E-state index in [0.717, 1.165) is 22.2 Å². The summed E-state index contributed by atoms with van der Waals surface area (Å²) in [5.74, 6) is 0.636. The van der Waals surface area contributed by atoms with Crippen LogP contribution in [0.1, 0.15) is 20.3 Å². The van der Waals surface area contributed by atoms with Gasteiger partial charge in [0.2, 0.25) is 0 Å². The molecule has 0 aliphatic rings.